The first-order valence-corrected chi connectivity index (χ1v) is 6.36. The lowest BCUT2D eigenvalue weighted by molar-refractivity contribution is 0.715. The van der Waals surface area contributed by atoms with Crippen LogP contribution in [0.1, 0.15) is 12.8 Å². The van der Waals surface area contributed by atoms with Crippen molar-refractivity contribution >= 4 is 63.7 Å². The van der Waals surface area contributed by atoms with Crippen molar-refractivity contribution in [1.29, 1.82) is 0 Å². The number of hydrogen-bond donors (Lipinski definition) is 0. The van der Waals surface area contributed by atoms with Crippen LogP contribution in [-0.4, -0.2) is 6.47 Å². The Morgan fingerprint density at radius 1 is 0.800 bits per heavy atom. The molecular weight excluding hydrogens is 392 g/mol. The van der Waals surface area contributed by atoms with Crippen LogP contribution in [0, 0.1) is 11.8 Å². The summed E-state index contributed by atoms with van der Waals surface area (Å²) in [5.74, 6) is 1.62. The third-order valence-electron chi connectivity index (χ3n) is 2.23. The molecule has 2 aliphatic rings. The molecule has 0 bridgehead atoms. The molecular formula is C6H6Br4. The van der Waals surface area contributed by atoms with Gasteiger partial charge in [0, 0.05) is 0 Å². The van der Waals surface area contributed by atoms with Gasteiger partial charge in [0.05, 0.1) is 6.47 Å². The van der Waals surface area contributed by atoms with Crippen LogP contribution in [0.25, 0.3) is 0 Å². The van der Waals surface area contributed by atoms with Crippen LogP contribution in [0.3, 0.4) is 0 Å². The Hall–Kier alpha value is 1.92. The van der Waals surface area contributed by atoms with Crippen LogP contribution >= 0.6 is 63.7 Å². The Kier molecular flexibility index (Phi) is 1.90. The van der Waals surface area contributed by atoms with Crippen molar-refractivity contribution in [1.82, 2.24) is 0 Å². The number of hydrogen-bond acceptors (Lipinski definition) is 0. The molecule has 2 fully saturated rings. The standard InChI is InChI=1S/C6H6Br4/c7-5(8)1-3(5)4-2-6(4,9)10/h3-4H,1-2H2. The second-order valence-electron chi connectivity index (χ2n) is 3.14. The molecule has 0 aromatic carbocycles. The molecule has 2 aliphatic carbocycles. The Balaban J connectivity index is 1.96. The third-order valence-corrected chi connectivity index (χ3v) is 5.88. The Bertz CT molecular complexity index is 155. The van der Waals surface area contributed by atoms with Gasteiger partial charge in [-0.1, -0.05) is 63.7 Å². The first kappa shape index (κ1) is 8.52. The van der Waals surface area contributed by atoms with Gasteiger partial charge in [-0.2, -0.15) is 0 Å². The van der Waals surface area contributed by atoms with Gasteiger partial charge in [0.1, 0.15) is 0 Å². The Morgan fingerprint density at radius 3 is 1.10 bits per heavy atom. The van der Waals surface area contributed by atoms with E-state index in [9.17, 15) is 0 Å². The highest BCUT2D eigenvalue weighted by atomic mass is 79.9. The van der Waals surface area contributed by atoms with E-state index >= 15 is 0 Å². The predicted molar refractivity (Wildman–Crippen MR) is 57.4 cm³/mol. The Labute approximate surface area is 94.0 Å². The molecule has 0 amide bonds. The molecule has 0 aromatic heterocycles. The minimum Gasteiger partial charge on any atom is -0.0724 e. The van der Waals surface area contributed by atoms with Gasteiger partial charge in [-0.15, -0.1) is 0 Å². The van der Waals surface area contributed by atoms with E-state index in [1.54, 1.807) is 0 Å². The summed E-state index contributed by atoms with van der Waals surface area (Å²) in [7, 11) is 0. The highest BCUT2D eigenvalue weighted by Crippen LogP contribution is 2.72. The van der Waals surface area contributed by atoms with E-state index in [2.05, 4.69) is 63.7 Å². The molecule has 10 heavy (non-hydrogen) atoms. The Morgan fingerprint density at radius 2 is 1.00 bits per heavy atom. The topological polar surface area (TPSA) is 0 Å². The van der Waals surface area contributed by atoms with Crippen LogP contribution in [0.5, 0.6) is 0 Å². The van der Waals surface area contributed by atoms with E-state index in [0.29, 0.717) is 0 Å². The minimum absolute atomic E-state index is 0.272. The van der Waals surface area contributed by atoms with E-state index in [0.717, 1.165) is 11.8 Å². The molecule has 0 N–H and O–H groups in total. The van der Waals surface area contributed by atoms with Gasteiger partial charge in [0.25, 0.3) is 0 Å². The summed E-state index contributed by atoms with van der Waals surface area (Å²) in [6, 6.07) is 0. The fraction of sp³-hybridized carbons (Fsp3) is 1.00. The van der Waals surface area contributed by atoms with Gasteiger partial charge in [-0.05, 0) is 24.7 Å². The minimum atomic E-state index is 0.272. The SMILES string of the molecule is BrC1(Br)CC1C1CC1(Br)Br. The monoisotopic (exact) mass is 394 g/mol. The molecule has 2 unspecified atom stereocenters. The van der Waals surface area contributed by atoms with Crippen molar-refractivity contribution in [3.63, 3.8) is 0 Å². The first-order chi connectivity index (χ1) is 4.43. The van der Waals surface area contributed by atoms with E-state index in [1.165, 1.54) is 12.8 Å². The molecule has 0 heterocycles. The number of alkyl halides is 4. The van der Waals surface area contributed by atoms with E-state index in [-0.39, 0.29) is 6.47 Å². The maximum absolute atomic E-state index is 3.62. The summed E-state index contributed by atoms with van der Waals surface area (Å²) >= 11 is 14.5. The van der Waals surface area contributed by atoms with Gasteiger partial charge >= 0.3 is 0 Å². The molecule has 0 spiro atoms. The molecule has 2 rings (SSSR count). The largest absolute Gasteiger partial charge is 0.0841 e. The molecule has 0 saturated heterocycles. The summed E-state index contributed by atoms with van der Waals surface area (Å²) in [6.07, 6.45) is 2.52. The normalized spacial score (nSPS) is 46.8. The smallest absolute Gasteiger partial charge is 0.0724 e. The molecule has 2 saturated carbocycles. The summed E-state index contributed by atoms with van der Waals surface area (Å²) in [5.41, 5.74) is 0. The average molecular weight is 398 g/mol. The van der Waals surface area contributed by atoms with Crippen LogP contribution < -0.4 is 0 Å². The van der Waals surface area contributed by atoms with Crippen molar-refractivity contribution in [2.45, 2.75) is 19.3 Å². The van der Waals surface area contributed by atoms with Crippen LogP contribution in [0.2, 0.25) is 0 Å². The van der Waals surface area contributed by atoms with Crippen LogP contribution in [0.15, 0.2) is 0 Å². The predicted octanol–water partition coefficient (Wildman–Crippen LogP) is 4.00. The van der Waals surface area contributed by atoms with Gasteiger partial charge in [0.2, 0.25) is 0 Å². The maximum Gasteiger partial charge on any atom is 0.0841 e. The highest BCUT2D eigenvalue weighted by molar-refractivity contribution is 9.26. The third kappa shape index (κ3) is 1.38. The molecule has 0 aliphatic heterocycles. The first-order valence-electron chi connectivity index (χ1n) is 3.19. The quantitative estimate of drug-likeness (QED) is 0.587. The second-order valence-corrected chi connectivity index (χ2v) is 10.9. The van der Waals surface area contributed by atoms with E-state index < -0.39 is 0 Å². The van der Waals surface area contributed by atoms with Gasteiger partial charge in [0.15, 0.2) is 0 Å². The highest BCUT2D eigenvalue weighted by Gasteiger charge is 2.66. The molecule has 2 atom stereocenters. The molecule has 0 radical (unpaired) electrons. The molecule has 4 heteroatoms. The number of rotatable bonds is 1. The van der Waals surface area contributed by atoms with Gasteiger partial charge in [-0.3, -0.25) is 0 Å². The average Bonchev–Trinajstić information content (AvgIpc) is 2.49. The fourth-order valence-electron chi connectivity index (χ4n) is 1.34. The molecule has 58 valence electrons. The van der Waals surface area contributed by atoms with E-state index in [1.807, 2.05) is 0 Å². The van der Waals surface area contributed by atoms with Crippen molar-refractivity contribution in [3.05, 3.63) is 0 Å². The lowest BCUT2D eigenvalue weighted by atomic mass is 10.3. The summed E-state index contributed by atoms with van der Waals surface area (Å²) in [5, 5.41) is 0. The lowest BCUT2D eigenvalue weighted by Gasteiger charge is -1.98. The summed E-state index contributed by atoms with van der Waals surface area (Å²) in [6.45, 7) is 0. The molecule has 0 nitrogen and oxygen atoms in total. The van der Waals surface area contributed by atoms with Crippen LogP contribution in [0.4, 0.5) is 0 Å². The van der Waals surface area contributed by atoms with Crippen LogP contribution in [-0.2, 0) is 0 Å². The zero-order valence-electron chi connectivity index (χ0n) is 5.08. The van der Waals surface area contributed by atoms with E-state index in [4.69, 9.17) is 0 Å². The summed E-state index contributed by atoms with van der Waals surface area (Å²) < 4.78 is 0.544. The van der Waals surface area contributed by atoms with Crippen molar-refractivity contribution < 1.29 is 0 Å². The van der Waals surface area contributed by atoms with Crippen molar-refractivity contribution in [3.8, 4) is 0 Å². The number of halogens is 4. The molecule has 0 aromatic rings. The fourth-order valence-corrected chi connectivity index (χ4v) is 4.01. The second kappa shape index (κ2) is 2.24. The maximum atomic E-state index is 3.62. The summed E-state index contributed by atoms with van der Waals surface area (Å²) in [4.78, 5) is 0. The van der Waals surface area contributed by atoms with Crippen molar-refractivity contribution in [2.24, 2.45) is 11.8 Å². The zero-order valence-corrected chi connectivity index (χ0v) is 11.4. The zero-order chi connectivity index (χ0) is 7.57. The van der Waals surface area contributed by atoms with Gasteiger partial charge < -0.3 is 0 Å². The van der Waals surface area contributed by atoms with Gasteiger partial charge in [-0.25, -0.2) is 0 Å². The van der Waals surface area contributed by atoms with Crippen molar-refractivity contribution in [2.75, 3.05) is 0 Å². The lowest BCUT2D eigenvalue weighted by Crippen LogP contribution is -1.96.